The number of likely N-dealkylation sites (N-methyl/N-ethyl adjacent to an activating group) is 1. The molecule has 154 valence electrons. The number of urea groups is 1. The molecule has 0 radical (unpaired) electrons. The first kappa shape index (κ1) is 20.9. The molecular weight excluding hydrogens is 384 g/mol. The zero-order valence-electron chi connectivity index (χ0n) is 17.1. The van der Waals surface area contributed by atoms with Gasteiger partial charge in [0.05, 0.1) is 6.04 Å². The van der Waals surface area contributed by atoms with Crippen LogP contribution in [0, 0.1) is 0 Å². The molecule has 0 spiro atoms. The highest BCUT2D eigenvalue weighted by molar-refractivity contribution is 7.10. The number of rotatable bonds is 8. The van der Waals surface area contributed by atoms with E-state index in [-0.39, 0.29) is 18.0 Å². The summed E-state index contributed by atoms with van der Waals surface area (Å²) in [7, 11) is 0. The first-order chi connectivity index (χ1) is 14.0. The lowest BCUT2D eigenvalue weighted by Gasteiger charge is -2.19. The number of benzene rings is 1. The Morgan fingerprint density at radius 1 is 1.14 bits per heavy atom. The number of nitrogens with one attached hydrogen (secondary N) is 2. The smallest absolute Gasteiger partial charge is 0.319 e. The number of carbonyl (C=O) groups excluding carboxylic acids is 2. The summed E-state index contributed by atoms with van der Waals surface area (Å²) in [5.41, 5.74) is 1.70. The van der Waals surface area contributed by atoms with Gasteiger partial charge in [-0.3, -0.25) is 4.79 Å². The van der Waals surface area contributed by atoms with Gasteiger partial charge in [-0.15, -0.1) is 11.3 Å². The Morgan fingerprint density at radius 2 is 1.93 bits per heavy atom. The Hall–Kier alpha value is -2.80. The summed E-state index contributed by atoms with van der Waals surface area (Å²) >= 11 is 1.64. The monoisotopic (exact) mass is 412 g/mol. The fourth-order valence-corrected chi connectivity index (χ4v) is 4.29. The Morgan fingerprint density at radius 3 is 2.59 bits per heavy atom. The molecule has 0 saturated carbocycles. The quantitative estimate of drug-likeness (QED) is 0.556. The third kappa shape index (κ3) is 4.98. The summed E-state index contributed by atoms with van der Waals surface area (Å²) in [6.45, 7) is 7.76. The van der Waals surface area contributed by atoms with E-state index < -0.39 is 0 Å². The van der Waals surface area contributed by atoms with Crippen LogP contribution in [0.4, 0.5) is 10.5 Å². The van der Waals surface area contributed by atoms with Gasteiger partial charge in [0.25, 0.3) is 0 Å². The van der Waals surface area contributed by atoms with Crippen LogP contribution in [0.15, 0.2) is 48.0 Å². The molecule has 2 heterocycles. The second-order valence-electron chi connectivity index (χ2n) is 6.86. The molecule has 0 fully saturated rings. The zero-order chi connectivity index (χ0) is 20.8. The maximum Gasteiger partial charge on any atom is 0.319 e. The maximum absolute atomic E-state index is 12.4. The number of carbonyl (C=O) groups is 2. The average Bonchev–Trinajstić information content (AvgIpc) is 3.37. The van der Waals surface area contributed by atoms with Crippen molar-refractivity contribution in [1.82, 2.24) is 14.8 Å². The number of hydrogen-bond donors (Lipinski definition) is 2. The number of thiophene rings is 1. The van der Waals surface area contributed by atoms with Gasteiger partial charge in [-0.05, 0) is 56.0 Å². The van der Waals surface area contributed by atoms with Gasteiger partial charge in [-0.25, -0.2) is 4.79 Å². The minimum atomic E-state index is -0.222. The van der Waals surface area contributed by atoms with E-state index in [9.17, 15) is 9.59 Å². The molecule has 2 aromatic heterocycles. The predicted octanol–water partition coefficient (Wildman–Crippen LogP) is 4.84. The van der Waals surface area contributed by atoms with Crippen LogP contribution in [0.3, 0.4) is 0 Å². The summed E-state index contributed by atoms with van der Waals surface area (Å²) in [6, 6.07) is 11.5. The molecule has 0 aliphatic rings. The highest BCUT2D eigenvalue weighted by Crippen LogP contribution is 2.23. The fourth-order valence-electron chi connectivity index (χ4n) is 3.43. The van der Waals surface area contributed by atoms with Crippen molar-refractivity contribution in [2.45, 2.75) is 39.8 Å². The van der Waals surface area contributed by atoms with Gasteiger partial charge in [-0.2, -0.15) is 0 Å². The minimum Gasteiger partial charge on any atom is -0.342 e. The van der Waals surface area contributed by atoms with Gasteiger partial charge in [0.15, 0.2) is 0 Å². The van der Waals surface area contributed by atoms with Gasteiger partial charge in [0, 0.05) is 40.8 Å². The molecule has 7 heteroatoms. The van der Waals surface area contributed by atoms with Crippen LogP contribution in [0.2, 0.25) is 0 Å². The summed E-state index contributed by atoms with van der Waals surface area (Å²) < 4.78 is 1.95. The molecule has 0 saturated heterocycles. The van der Waals surface area contributed by atoms with E-state index in [0.29, 0.717) is 19.6 Å². The van der Waals surface area contributed by atoms with E-state index >= 15 is 0 Å². The topological polar surface area (TPSA) is 66.4 Å². The highest BCUT2D eigenvalue weighted by atomic mass is 32.1. The average molecular weight is 413 g/mol. The van der Waals surface area contributed by atoms with Crippen molar-refractivity contribution >= 4 is 39.9 Å². The lowest BCUT2D eigenvalue weighted by atomic mass is 10.2. The van der Waals surface area contributed by atoms with Crippen molar-refractivity contribution in [3.8, 4) is 0 Å². The molecular formula is C22H28N4O2S. The number of amides is 3. The van der Waals surface area contributed by atoms with E-state index in [1.54, 1.807) is 11.3 Å². The molecule has 2 N–H and O–H groups in total. The number of aromatic nitrogens is 1. The Labute approximate surface area is 175 Å². The molecule has 0 bridgehead atoms. The van der Waals surface area contributed by atoms with Gasteiger partial charge in [-0.1, -0.05) is 13.0 Å². The highest BCUT2D eigenvalue weighted by Gasteiger charge is 2.15. The van der Waals surface area contributed by atoms with Gasteiger partial charge in [0.2, 0.25) is 5.91 Å². The summed E-state index contributed by atoms with van der Waals surface area (Å²) in [4.78, 5) is 27.8. The van der Waals surface area contributed by atoms with Crippen molar-refractivity contribution in [3.63, 3.8) is 0 Å². The molecule has 6 nitrogen and oxygen atoms in total. The van der Waals surface area contributed by atoms with E-state index in [1.807, 2.05) is 71.3 Å². The largest absolute Gasteiger partial charge is 0.342 e. The van der Waals surface area contributed by atoms with Crippen molar-refractivity contribution in [2.24, 2.45) is 0 Å². The molecule has 1 aromatic carbocycles. The van der Waals surface area contributed by atoms with Crippen LogP contribution in [0.25, 0.3) is 10.9 Å². The summed E-state index contributed by atoms with van der Waals surface area (Å²) in [6.07, 6.45) is 2.75. The second kappa shape index (κ2) is 9.60. The molecule has 0 aliphatic heterocycles. The maximum atomic E-state index is 12.4. The van der Waals surface area contributed by atoms with Crippen molar-refractivity contribution in [1.29, 1.82) is 0 Å². The zero-order valence-corrected chi connectivity index (χ0v) is 18.0. The Kier molecular flexibility index (Phi) is 6.93. The Bertz CT molecular complexity index is 961. The molecule has 0 aliphatic carbocycles. The summed E-state index contributed by atoms with van der Waals surface area (Å²) in [5, 5.41) is 8.95. The van der Waals surface area contributed by atoms with Crippen LogP contribution in [0.1, 0.15) is 38.1 Å². The first-order valence-corrected chi connectivity index (χ1v) is 10.9. The van der Waals surface area contributed by atoms with Gasteiger partial charge >= 0.3 is 6.03 Å². The second-order valence-corrected chi connectivity index (χ2v) is 7.84. The normalized spacial score (nSPS) is 12.0. The SMILES string of the molecule is CCC(NC(=O)Nc1ccc2c(ccn2CC(=O)N(CC)CC)c1)c1cccs1. The Balaban J connectivity index is 1.67. The molecule has 29 heavy (non-hydrogen) atoms. The van der Waals surface area contributed by atoms with Crippen LogP contribution in [0.5, 0.6) is 0 Å². The van der Waals surface area contributed by atoms with E-state index in [2.05, 4.69) is 17.6 Å². The van der Waals surface area contributed by atoms with Crippen molar-refractivity contribution in [3.05, 3.63) is 52.9 Å². The van der Waals surface area contributed by atoms with Crippen LogP contribution < -0.4 is 10.6 Å². The van der Waals surface area contributed by atoms with Crippen LogP contribution >= 0.6 is 11.3 Å². The van der Waals surface area contributed by atoms with E-state index in [1.165, 1.54) is 0 Å². The molecule has 1 unspecified atom stereocenters. The van der Waals surface area contributed by atoms with Crippen LogP contribution in [-0.4, -0.2) is 34.5 Å². The number of hydrogen-bond acceptors (Lipinski definition) is 3. The van der Waals surface area contributed by atoms with Gasteiger partial charge in [0.1, 0.15) is 6.54 Å². The number of fused-ring (bicyclic) bond motifs is 1. The lowest BCUT2D eigenvalue weighted by molar-refractivity contribution is -0.131. The third-order valence-corrected chi connectivity index (χ3v) is 6.04. The molecule has 1 atom stereocenters. The molecule has 3 rings (SSSR count). The van der Waals surface area contributed by atoms with Crippen molar-refractivity contribution in [2.75, 3.05) is 18.4 Å². The van der Waals surface area contributed by atoms with Gasteiger partial charge < -0.3 is 20.1 Å². The van der Waals surface area contributed by atoms with E-state index in [0.717, 1.165) is 27.9 Å². The van der Waals surface area contributed by atoms with Crippen LogP contribution in [-0.2, 0) is 11.3 Å². The number of nitrogens with zero attached hydrogens (tertiary/aromatic N) is 2. The number of anilines is 1. The third-order valence-electron chi connectivity index (χ3n) is 5.05. The van der Waals surface area contributed by atoms with Crippen molar-refractivity contribution < 1.29 is 9.59 Å². The first-order valence-electron chi connectivity index (χ1n) is 10.0. The fraction of sp³-hybridized carbons (Fsp3) is 0.364. The predicted molar refractivity (Wildman–Crippen MR) is 119 cm³/mol. The standard InChI is InChI=1S/C22H28N4O2S/c1-4-18(20-8-7-13-29-20)24-22(28)23-17-9-10-19-16(14-17)11-12-26(19)15-21(27)25(5-2)6-3/h7-14,18H,4-6,15H2,1-3H3,(H2,23,24,28). The lowest BCUT2D eigenvalue weighted by Crippen LogP contribution is -2.33. The molecule has 3 aromatic rings. The summed E-state index contributed by atoms with van der Waals surface area (Å²) in [5.74, 6) is 0.105. The molecule has 3 amide bonds. The van der Waals surface area contributed by atoms with E-state index in [4.69, 9.17) is 0 Å². The minimum absolute atomic E-state index is 0.00547.